The molecular weight excluding hydrogens is 357 g/mol. The minimum absolute atomic E-state index is 0.0146. The van der Waals surface area contributed by atoms with Gasteiger partial charge in [-0.05, 0) is 18.1 Å². The number of pyridine rings is 1. The van der Waals surface area contributed by atoms with Gasteiger partial charge in [-0.1, -0.05) is 13.8 Å². The largest absolute Gasteiger partial charge is 0.489 e. The first-order chi connectivity index (χ1) is 11.7. The first-order valence-corrected chi connectivity index (χ1v) is 8.50. The monoisotopic (exact) mass is 374 g/mol. The molecule has 1 aromatic heterocycles. The zero-order chi connectivity index (χ0) is 18.4. The normalized spacial score (nSPS) is 17.7. The summed E-state index contributed by atoms with van der Waals surface area (Å²) in [5.41, 5.74) is -1.12. The number of nitrogens with one attached hydrogen (secondary N) is 1. The van der Waals surface area contributed by atoms with Crippen LogP contribution in [0.5, 0.6) is 5.75 Å². The fourth-order valence-corrected chi connectivity index (χ4v) is 3.46. The molecule has 8 heteroatoms. The van der Waals surface area contributed by atoms with Gasteiger partial charge in [-0.25, -0.2) is 0 Å². The first-order valence-electron chi connectivity index (χ1n) is 7.96. The molecule has 2 aromatic rings. The summed E-state index contributed by atoms with van der Waals surface area (Å²) in [5.74, 6) is 0.728. The summed E-state index contributed by atoms with van der Waals surface area (Å²) in [5, 5.41) is -0.119. The second kappa shape index (κ2) is 6.44. The summed E-state index contributed by atoms with van der Waals surface area (Å²) < 4.78 is 46.2. The molecule has 25 heavy (non-hydrogen) atoms. The Bertz CT molecular complexity index is 848. The van der Waals surface area contributed by atoms with E-state index in [0.29, 0.717) is 24.2 Å². The van der Waals surface area contributed by atoms with Crippen LogP contribution in [0.1, 0.15) is 19.4 Å². The summed E-state index contributed by atoms with van der Waals surface area (Å²) >= 11 is 5.90. The number of rotatable bonds is 3. The number of hydrogen-bond acceptors (Lipinski definition) is 3. The number of hydrogen-bond donors (Lipinski definition) is 1. The van der Waals surface area contributed by atoms with Crippen LogP contribution < -0.4 is 15.2 Å². The van der Waals surface area contributed by atoms with Crippen LogP contribution in [0.25, 0.3) is 10.9 Å². The lowest BCUT2D eigenvalue weighted by atomic mass is 9.98. The molecule has 0 spiro atoms. The Hall–Kier alpha value is -1.89. The van der Waals surface area contributed by atoms with Gasteiger partial charge in [0, 0.05) is 18.5 Å². The third-order valence-electron chi connectivity index (χ3n) is 4.45. The summed E-state index contributed by atoms with van der Waals surface area (Å²) in [7, 11) is 0. The Morgan fingerprint density at radius 2 is 2.12 bits per heavy atom. The second-order valence-electron chi connectivity index (χ2n) is 6.39. The highest BCUT2D eigenvalue weighted by Crippen LogP contribution is 2.45. The van der Waals surface area contributed by atoms with Crippen LogP contribution in [-0.4, -0.2) is 30.1 Å². The first kappa shape index (κ1) is 17.9. The number of ether oxygens (including phenoxy) is 1. The molecule has 2 heterocycles. The lowest BCUT2D eigenvalue weighted by Gasteiger charge is -2.41. The van der Waals surface area contributed by atoms with Gasteiger partial charge in [0.1, 0.15) is 6.61 Å². The number of benzene rings is 1. The molecule has 1 aromatic carbocycles. The molecule has 1 N–H and O–H groups in total. The highest BCUT2D eigenvalue weighted by atomic mass is 35.5. The van der Waals surface area contributed by atoms with Gasteiger partial charge in [-0.15, -0.1) is 11.6 Å². The van der Waals surface area contributed by atoms with E-state index in [-0.39, 0.29) is 35.2 Å². The van der Waals surface area contributed by atoms with Crippen LogP contribution in [0.15, 0.2) is 23.0 Å². The summed E-state index contributed by atoms with van der Waals surface area (Å²) in [4.78, 5) is 16.0. The second-order valence-corrected chi connectivity index (χ2v) is 6.76. The van der Waals surface area contributed by atoms with Crippen molar-refractivity contribution in [3.8, 4) is 5.75 Å². The minimum Gasteiger partial charge on any atom is -0.489 e. The van der Waals surface area contributed by atoms with Gasteiger partial charge in [0.05, 0.1) is 28.2 Å². The lowest BCUT2D eigenvalue weighted by molar-refractivity contribution is -0.136. The average molecular weight is 375 g/mol. The molecule has 0 amide bonds. The Labute approximate surface area is 147 Å². The maximum absolute atomic E-state index is 13.5. The Morgan fingerprint density at radius 1 is 1.40 bits per heavy atom. The Kier molecular flexibility index (Phi) is 4.62. The van der Waals surface area contributed by atoms with Gasteiger partial charge in [-0.2, -0.15) is 13.2 Å². The number of anilines is 1. The molecule has 0 radical (unpaired) electrons. The standard InChI is InChI=1S/C17H18ClF3N2O2/c1-9(2)13-8-25-16-12(23(13)6-5-18)4-3-11-15(16)10(17(19,20)21)7-14(24)22-11/h3-4,7,9,13H,5-6,8H2,1-2H3,(H,22,24). The third kappa shape index (κ3) is 3.17. The smallest absolute Gasteiger partial charge is 0.417 e. The molecule has 0 fully saturated rings. The van der Waals surface area contributed by atoms with Crippen molar-refractivity contribution in [3.63, 3.8) is 0 Å². The van der Waals surface area contributed by atoms with E-state index in [1.807, 2.05) is 18.7 Å². The van der Waals surface area contributed by atoms with Crippen molar-refractivity contribution >= 4 is 28.2 Å². The molecule has 1 aliphatic rings. The maximum Gasteiger partial charge on any atom is 0.417 e. The molecule has 1 unspecified atom stereocenters. The molecular formula is C17H18ClF3N2O2. The summed E-state index contributed by atoms with van der Waals surface area (Å²) in [6.07, 6.45) is -4.66. The van der Waals surface area contributed by atoms with Crippen molar-refractivity contribution in [2.45, 2.75) is 26.1 Å². The number of fused-ring (bicyclic) bond motifs is 3. The molecule has 1 atom stereocenters. The Balaban J connectivity index is 2.29. The van der Waals surface area contributed by atoms with Crippen LogP contribution in [0.2, 0.25) is 0 Å². The van der Waals surface area contributed by atoms with E-state index in [1.165, 1.54) is 6.07 Å². The fraction of sp³-hybridized carbons (Fsp3) is 0.471. The van der Waals surface area contributed by atoms with Crippen LogP contribution in [-0.2, 0) is 6.18 Å². The van der Waals surface area contributed by atoms with E-state index < -0.39 is 17.3 Å². The molecule has 136 valence electrons. The van der Waals surface area contributed by atoms with E-state index in [1.54, 1.807) is 6.07 Å². The van der Waals surface area contributed by atoms with Crippen LogP contribution >= 0.6 is 11.6 Å². The van der Waals surface area contributed by atoms with Gasteiger partial charge in [-0.3, -0.25) is 4.79 Å². The maximum atomic E-state index is 13.5. The van der Waals surface area contributed by atoms with Gasteiger partial charge >= 0.3 is 6.18 Å². The van der Waals surface area contributed by atoms with Crippen molar-refractivity contribution < 1.29 is 17.9 Å². The number of alkyl halides is 4. The predicted molar refractivity (Wildman–Crippen MR) is 91.8 cm³/mol. The zero-order valence-electron chi connectivity index (χ0n) is 13.8. The molecule has 3 rings (SSSR count). The van der Waals surface area contributed by atoms with E-state index in [9.17, 15) is 18.0 Å². The lowest BCUT2D eigenvalue weighted by Crippen LogP contribution is -2.47. The molecule has 0 saturated heterocycles. The van der Waals surface area contributed by atoms with Gasteiger partial charge in [0.2, 0.25) is 5.56 Å². The molecule has 0 saturated carbocycles. The van der Waals surface area contributed by atoms with Crippen molar-refractivity contribution in [1.82, 2.24) is 4.98 Å². The van der Waals surface area contributed by atoms with E-state index >= 15 is 0 Å². The van der Waals surface area contributed by atoms with Gasteiger partial charge in [0.15, 0.2) is 5.75 Å². The summed E-state index contributed by atoms with van der Waals surface area (Å²) in [6.45, 7) is 4.81. The zero-order valence-corrected chi connectivity index (χ0v) is 14.5. The molecule has 1 aliphatic heterocycles. The van der Waals surface area contributed by atoms with Crippen LogP contribution in [0.3, 0.4) is 0 Å². The van der Waals surface area contributed by atoms with Crippen molar-refractivity contribution in [1.29, 1.82) is 0 Å². The fourth-order valence-electron chi connectivity index (χ4n) is 3.28. The number of aromatic amines is 1. The average Bonchev–Trinajstić information content (AvgIpc) is 2.52. The number of H-pyrrole nitrogens is 1. The highest BCUT2D eigenvalue weighted by Gasteiger charge is 2.37. The van der Waals surface area contributed by atoms with Crippen molar-refractivity contribution in [3.05, 3.63) is 34.1 Å². The van der Waals surface area contributed by atoms with E-state index in [4.69, 9.17) is 16.3 Å². The SMILES string of the molecule is CC(C)C1COc2c(ccc3[nH]c(=O)cc(C(F)(F)F)c23)N1CCCl. The predicted octanol–water partition coefficient (Wildman–Crippen LogP) is 4.01. The van der Waals surface area contributed by atoms with Gasteiger partial charge in [0.25, 0.3) is 0 Å². The number of aromatic nitrogens is 1. The molecule has 0 aliphatic carbocycles. The highest BCUT2D eigenvalue weighted by molar-refractivity contribution is 6.18. The van der Waals surface area contributed by atoms with Crippen LogP contribution in [0.4, 0.5) is 18.9 Å². The quantitative estimate of drug-likeness (QED) is 0.826. The van der Waals surface area contributed by atoms with E-state index in [2.05, 4.69) is 4.98 Å². The van der Waals surface area contributed by atoms with E-state index in [0.717, 1.165) is 0 Å². The van der Waals surface area contributed by atoms with Crippen molar-refractivity contribution in [2.75, 3.05) is 23.9 Å². The summed E-state index contributed by atoms with van der Waals surface area (Å²) in [6, 6.07) is 3.75. The Morgan fingerprint density at radius 3 is 2.72 bits per heavy atom. The van der Waals surface area contributed by atoms with Crippen LogP contribution in [0, 0.1) is 5.92 Å². The molecule has 4 nitrogen and oxygen atoms in total. The molecule has 0 bridgehead atoms. The minimum atomic E-state index is -4.66. The van der Waals surface area contributed by atoms with Crippen molar-refractivity contribution in [2.24, 2.45) is 5.92 Å². The number of nitrogens with zero attached hydrogens (tertiary/aromatic N) is 1. The topological polar surface area (TPSA) is 45.3 Å². The third-order valence-corrected chi connectivity index (χ3v) is 4.62. The van der Waals surface area contributed by atoms with Gasteiger partial charge < -0.3 is 14.6 Å². The number of halogens is 4.